The Morgan fingerprint density at radius 2 is 2.25 bits per heavy atom. The fraction of sp³-hybridized carbons (Fsp3) is 0.533. The van der Waals surface area contributed by atoms with Crippen LogP contribution in [0.3, 0.4) is 0 Å². The molecule has 5 nitrogen and oxygen atoms in total. The number of benzene rings is 1. The number of hydrogen-bond acceptors (Lipinski definition) is 5. The summed E-state index contributed by atoms with van der Waals surface area (Å²) in [6, 6.07) is 7.52. The summed E-state index contributed by atoms with van der Waals surface area (Å²) in [4.78, 5) is 12.3. The number of hydrogen-bond donors (Lipinski definition) is 1. The lowest BCUT2D eigenvalue weighted by Crippen LogP contribution is -2.53. The molecule has 1 aliphatic heterocycles. The van der Waals surface area contributed by atoms with E-state index in [4.69, 9.17) is 14.2 Å². The quantitative estimate of drug-likeness (QED) is 0.838. The lowest BCUT2D eigenvalue weighted by molar-refractivity contribution is -0.153. The SMILES string of the molecule is CCOC(=O)C1(Nc2ccccc2OC)CCCOC1. The van der Waals surface area contributed by atoms with E-state index in [-0.39, 0.29) is 5.97 Å². The number of carbonyl (C=O) groups is 1. The standard InChI is InChI=1S/C15H21NO4/c1-3-20-14(17)15(9-6-10-19-11-15)16-12-7-4-5-8-13(12)18-2/h4-5,7-8,16H,3,6,9-11H2,1-2H3. The lowest BCUT2D eigenvalue weighted by Gasteiger charge is -2.36. The van der Waals surface area contributed by atoms with E-state index >= 15 is 0 Å². The van der Waals surface area contributed by atoms with Gasteiger partial charge in [-0.05, 0) is 31.9 Å². The maximum absolute atomic E-state index is 12.3. The Balaban J connectivity index is 2.25. The molecule has 0 bridgehead atoms. The molecule has 1 aromatic rings. The van der Waals surface area contributed by atoms with Crippen LogP contribution < -0.4 is 10.1 Å². The van der Waals surface area contributed by atoms with E-state index in [1.54, 1.807) is 14.0 Å². The predicted molar refractivity (Wildman–Crippen MR) is 76.0 cm³/mol. The number of methoxy groups -OCH3 is 1. The van der Waals surface area contributed by atoms with Crippen molar-refractivity contribution in [3.63, 3.8) is 0 Å². The minimum atomic E-state index is -0.830. The Labute approximate surface area is 119 Å². The van der Waals surface area contributed by atoms with Crippen LogP contribution in [-0.4, -0.2) is 38.4 Å². The number of esters is 1. The average Bonchev–Trinajstić information content (AvgIpc) is 2.49. The molecule has 0 amide bonds. The molecule has 0 saturated carbocycles. The second kappa shape index (κ2) is 6.61. The van der Waals surface area contributed by atoms with Crippen molar-refractivity contribution >= 4 is 11.7 Å². The van der Waals surface area contributed by atoms with E-state index < -0.39 is 5.54 Å². The van der Waals surface area contributed by atoms with Crippen LogP contribution >= 0.6 is 0 Å². The van der Waals surface area contributed by atoms with Crippen molar-refractivity contribution in [3.8, 4) is 5.75 Å². The highest BCUT2D eigenvalue weighted by molar-refractivity contribution is 5.85. The fourth-order valence-electron chi connectivity index (χ4n) is 2.38. The van der Waals surface area contributed by atoms with Crippen molar-refractivity contribution in [2.45, 2.75) is 25.3 Å². The Kier molecular flexibility index (Phi) is 4.84. The average molecular weight is 279 g/mol. The molecule has 0 spiro atoms. The molecule has 5 heteroatoms. The summed E-state index contributed by atoms with van der Waals surface area (Å²) in [5, 5.41) is 3.27. The van der Waals surface area contributed by atoms with Gasteiger partial charge in [0.15, 0.2) is 5.54 Å². The summed E-state index contributed by atoms with van der Waals surface area (Å²) >= 11 is 0. The smallest absolute Gasteiger partial charge is 0.334 e. The third kappa shape index (κ3) is 3.04. The Bertz CT molecular complexity index is 455. The normalized spacial score (nSPS) is 22.1. The molecule has 0 aliphatic carbocycles. The van der Waals surface area contributed by atoms with Crippen LogP contribution in [0.4, 0.5) is 5.69 Å². The van der Waals surface area contributed by atoms with Gasteiger partial charge < -0.3 is 19.5 Å². The van der Waals surface area contributed by atoms with Gasteiger partial charge in [-0.2, -0.15) is 0 Å². The topological polar surface area (TPSA) is 56.8 Å². The number of carbonyl (C=O) groups excluding carboxylic acids is 1. The van der Waals surface area contributed by atoms with Gasteiger partial charge in [0.2, 0.25) is 0 Å². The summed E-state index contributed by atoms with van der Waals surface area (Å²) < 4.78 is 16.0. The first-order valence-electron chi connectivity index (χ1n) is 6.88. The van der Waals surface area contributed by atoms with Crippen LogP contribution in [-0.2, 0) is 14.3 Å². The zero-order valence-electron chi connectivity index (χ0n) is 12.0. The minimum Gasteiger partial charge on any atom is -0.495 e. The van der Waals surface area contributed by atoms with Gasteiger partial charge in [0, 0.05) is 6.61 Å². The maximum Gasteiger partial charge on any atom is 0.334 e. The number of anilines is 1. The first kappa shape index (κ1) is 14.7. The molecule has 0 aromatic heterocycles. The van der Waals surface area contributed by atoms with Crippen molar-refractivity contribution in [2.75, 3.05) is 32.2 Å². The molecule has 1 atom stereocenters. The van der Waals surface area contributed by atoms with Crippen molar-refractivity contribution in [3.05, 3.63) is 24.3 Å². The van der Waals surface area contributed by atoms with Crippen LogP contribution in [0.1, 0.15) is 19.8 Å². The predicted octanol–water partition coefficient (Wildman–Crippen LogP) is 2.22. The maximum atomic E-state index is 12.3. The van der Waals surface area contributed by atoms with Gasteiger partial charge in [-0.3, -0.25) is 0 Å². The molecule has 1 N–H and O–H groups in total. The monoisotopic (exact) mass is 279 g/mol. The highest BCUT2D eigenvalue weighted by atomic mass is 16.5. The number of nitrogens with one attached hydrogen (secondary N) is 1. The van der Waals surface area contributed by atoms with Gasteiger partial charge in [0.1, 0.15) is 5.75 Å². The van der Waals surface area contributed by atoms with E-state index in [1.165, 1.54) is 0 Å². The largest absolute Gasteiger partial charge is 0.495 e. The molecule has 20 heavy (non-hydrogen) atoms. The fourth-order valence-corrected chi connectivity index (χ4v) is 2.38. The molecule has 1 saturated heterocycles. The Morgan fingerprint density at radius 3 is 2.90 bits per heavy atom. The summed E-state index contributed by atoms with van der Waals surface area (Å²) in [7, 11) is 1.61. The van der Waals surface area contributed by atoms with Crippen molar-refractivity contribution < 1.29 is 19.0 Å². The zero-order valence-corrected chi connectivity index (χ0v) is 12.0. The van der Waals surface area contributed by atoms with Gasteiger partial charge in [-0.25, -0.2) is 4.79 Å². The zero-order chi connectivity index (χ0) is 14.4. The minimum absolute atomic E-state index is 0.273. The highest BCUT2D eigenvalue weighted by Gasteiger charge is 2.42. The van der Waals surface area contributed by atoms with Gasteiger partial charge in [-0.1, -0.05) is 12.1 Å². The molecule has 1 unspecified atom stereocenters. The van der Waals surface area contributed by atoms with Crippen molar-refractivity contribution in [2.24, 2.45) is 0 Å². The Hall–Kier alpha value is -1.75. The van der Waals surface area contributed by atoms with Crippen LogP contribution in [0.25, 0.3) is 0 Å². The summed E-state index contributed by atoms with van der Waals surface area (Å²) in [6.45, 7) is 3.14. The first-order chi connectivity index (χ1) is 9.72. The molecule has 1 aliphatic rings. The second-order valence-corrected chi connectivity index (χ2v) is 4.78. The summed E-state index contributed by atoms with van der Waals surface area (Å²) in [6.07, 6.45) is 1.50. The number of ether oxygens (including phenoxy) is 3. The molecule has 2 rings (SSSR count). The van der Waals surface area contributed by atoms with Gasteiger partial charge in [0.25, 0.3) is 0 Å². The highest BCUT2D eigenvalue weighted by Crippen LogP contribution is 2.31. The van der Waals surface area contributed by atoms with Crippen LogP contribution in [0.15, 0.2) is 24.3 Å². The molecule has 0 radical (unpaired) electrons. The second-order valence-electron chi connectivity index (χ2n) is 4.78. The molecule has 1 aromatic carbocycles. The van der Waals surface area contributed by atoms with Gasteiger partial charge in [0.05, 0.1) is 26.0 Å². The lowest BCUT2D eigenvalue weighted by atomic mass is 9.92. The van der Waals surface area contributed by atoms with Crippen LogP contribution in [0.5, 0.6) is 5.75 Å². The number of rotatable bonds is 5. The van der Waals surface area contributed by atoms with E-state index in [2.05, 4.69) is 5.32 Å². The molecule has 1 fully saturated rings. The summed E-state index contributed by atoms with van der Waals surface area (Å²) in [5.41, 5.74) is -0.0587. The molecular formula is C15H21NO4. The first-order valence-corrected chi connectivity index (χ1v) is 6.88. The number of para-hydroxylation sites is 2. The molecule has 110 valence electrons. The van der Waals surface area contributed by atoms with Crippen LogP contribution in [0.2, 0.25) is 0 Å². The van der Waals surface area contributed by atoms with E-state index in [0.29, 0.717) is 32.0 Å². The van der Waals surface area contributed by atoms with E-state index in [0.717, 1.165) is 12.1 Å². The Morgan fingerprint density at radius 1 is 1.45 bits per heavy atom. The van der Waals surface area contributed by atoms with E-state index in [1.807, 2.05) is 24.3 Å². The van der Waals surface area contributed by atoms with Gasteiger partial charge in [-0.15, -0.1) is 0 Å². The molecular weight excluding hydrogens is 258 g/mol. The van der Waals surface area contributed by atoms with E-state index in [9.17, 15) is 4.79 Å². The summed E-state index contributed by atoms with van der Waals surface area (Å²) in [5.74, 6) is 0.423. The van der Waals surface area contributed by atoms with Crippen molar-refractivity contribution in [1.29, 1.82) is 0 Å². The third-order valence-corrected chi connectivity index (χ3v) is 3.39. The van der Waals surface area contributed by atoms with Gasteiger partial charge >= 0.3 is 5.97 Å². The van der Waals surface area contributed by atoms with Crippen molar-refractivity contribution in [1.82, 2.24) is 0 Å². The molecule has 1 heterocycles. The third-order valence-electron chi connectivity index (χ3n) is 3.39. The van der Waals surface area contributed by atoms with Crippen LogP contribution in [0, 0.1) is 0 Å².